The maximum Gasteiger partial charge on any atom is 0.182 e. The molecule has 1 N–H and O–H groups in total. The molecule has 126 valence electrons. The van der Waals surface area contributed by atoms with Crippen LogP contribution in [0.1, 0.15) is 16.8 Å². The molecule has 0 atom stereocenters. The molecule has 26 heavy (non-hydrogen) atoms. The van der Waals surface area contributed by atoms with Gasteiger partial charge in [0.05, 0.1) is 5.39 Å². The van der Waals surface area contributed by atoms with E-state index in [0.717, 1.165) is 34.4 Å². The number of aromatic nitrogens is 5. The van der Waals surface area contributed by atoms with Gasteiger partial charge in [0, 0.05) is 17.7 Å². The van der Waals surface area contributed by atoms with Crippen LogP contribution in [0.25, 0.3) is 28.1 Å². The minimum absolute atomic E-state index is 0.712. The van der Waals surface area contributed by atoms with Crippen molar-refractivity contribution in [3.63, 3.8) is 0 Å². The van der Waals surface area contributed by atoms with Gasteiger partial charge in [0.15, 0.2) is 11.5 Å². The Bertz CT molecular complexity index is 1200. The Morgan fingerprint density at radius 1 is 0.962 bits per heavy atom. The molecule has 5 heteroatoms. The van der Waals surface area contributed by atoms with Crippen LogP contribution in [0.15, 0.2) is 67.0 Å². The number of nitrogens with one attached hydrogen (secondary N) is 1. The molecule has 0 radical (unpaired) electrons. The lowest BCUT2D eigenvalue weighted by atomic mass is 10.0. The second-order valence-corrected chi connectivity index (χ2v) is 6.43. The standard InChI is InChI=1S/C21H17N5/c1-14-17(12-15-8-4-2-5-9-15)18-20(23-14)22-13-26-21(18)24-19(25-26)16-10-6-3-7-11-16/h2-11,13,23H,12H2,1H3. The number of aromatic amines is 1. The molecule has 2 aromatic carbocycles. The third-order valence-electron chi connectivity index (χ3n) is 4.70. The molecule has 0 saturated carbocycles. The fourth-order valence-electron chi connectivity index (χ4n) is 3.40. The normalized spacial score (nSPS) is 11.4. The van der Waals surface area contributed by atoms with Crippen molar-refractivity contribution in [2.75, 3.05) is 0 Å². The van der Waals surface area contributed by atoms with Crippen molar-refractivity contribution in [1.29, 1.82) is 0 Å². The Morgan fingerprint density at radius 2 is 1.69 bits per heavy atom. The van der Waals surface area contributed by atoms with Gasteiger partial charge in [0.25, 0.3) is 0 Å². The predicted molar refractivity (Wildman–Crippen MR) is 102 cm³/mol. The molecule has 0 bridgehead atoms. The number of hydrogen-bond acceptors (Lipinski definition) is 3. The van der Waals surface area contributed by atoms with Gasteiger partial charge >= 0.3 is 0 Å². The van der Waals surface area contributed by atoms with Crippen molar-refractivity contribution in [3.05, 3.63) is 83.8 Å². The molecule has 0 fully saturated rings. The van der Waals surface area contributed by atoms with Crippen molar-refractivity contribution >= 4 is 16.7 Å². The van der Waals surface area contributed by atoms with Gasteiger partial charge in [0.2, 0.25) is 0 Å². The fourth-order valence-corrected chi connectivity index (χ4v) is 3.40. The van der Waals surface area contributed by atoms with E-state index in [1.54, 1.807) is 10.8 Å². The summed E-state index contributed by atoms with van der Waals surface area (Å²) in [6, 6.07) is 20.5. The maximum atomic E-state index is 4.82. The number of rotatable bonds is 3. The first-order valence-corrected chi connectivity index (χ1v) is 8.61. The number of H-pyrrole nitrogens is 1. The fraction of sp³-hybridized carbons (Fsp3) is 0.0952. The highest BCUT2D eigenvalue weighted by atomic mass is 15.3. The topological polar surface area (TPSA) is 58.9 Å². The van der Waals surface area contributed by atoms with E-state index in [1.165, 1.54) is 11.1 Å². The van der Waals surface area contributed by atoms with E-state index >= 15 is 0 Å². The Morgan fingerprint density at radius 3 is 2.46 bits per heavy atom. The van der Waals surface area contributed by atoms with Crippen LogP contribution in [0.4, 0.5) is 0 Å². The number of nitrogens with zero attached hydrogens (tertiary/aromatic N) is 4. The highest BCUT2D eigenvalue weighted by Gasteiger charge is 2.17. The summed E-state index contributed by atoms with van der Waals surface area (Å²) < 4.78 is 1.77. The van der Waals surface area contributed by atoms with Crippen LogP contribution in [-0.4, -0.2) is 24.6 Å². The Balaban J connectivity index is 1.73. The van der Waals surface area contributed by atoms with Gasteiger partial charge in [-0.05, 0) is 18.1 Å². The molecule has 0 aliphatic rings. The molecule has 3 aromatic heterocycles. The lowest BCUT2D eigenvalue weighted by molar-refractivity contribution is 0.936. The zero-order valence-electron chi connectivity index (χ0n) is 14.3. The van der Waals surface area contributed by atoms with Crippen LogP contribution in [0.5, 0.6) is 0 Å². The summed E-state index contributed by atoms with van der Waals surface area (Å²) in [6.45, 7) is 2.09. The highest BCUT2D eigenvalue weighted by Crippen LogP contribution is 2.28. The summed E-state index contributed by atoms with van der Waals surface area (Å²) in [5, 5.41) is 5.66. The lowest BCUT2D eigenvalue weighted by Gasteiger charge is -2.02. The predicted octanol–water partition coefficient (Wildman–Crippen LogP) is 4.17. The number of fused-ring (bicyclic) bond motifs is 3. The van der Waals surface area contributed by atoms with Crippen LogP contribution < -0.4 is 0 Å². The molecule has 0 aliphatic carbocycles. The Kier molecular flexibility index (Phi) is 3.31. The monoisotopic (exact) mass is 339 g/mol. The Hall–Kier alpha value is -3.47. The summed E-state index contributed by atoms with van der Waals surface area (Å²) >= 11 is 0. The van der Waals surface area contributed by atoms with Gasteiger partial charge < -0.3 is 4.98 Å². The molecule has 5 rings (SSSR count). The molecule has 0 spiro atoms. The molecule has 0 unspecified atom stereocenters. The minimum atomic E-state index is 0.712. The maximum absolute atomic E-state index is 4.82. The van der Waals surface area contributed by atoms with E-state index in [-0.39, 0.29) is 0 Å². The van der Waals surface area contributed by atoms with Crippen LogP contribution in [0.3, 0.4) is 0 Å². The van der Waals surface area contributed by atoms with Crippen LogP contribution in [0, 0.1) is 6.92 Å². The van der Waals surface area contributed by atoms with Crippen LogP contribution >= 0.6 is 0 Å². The van der Waals surface area contributed by atoms with E-state index < -0.39 is 0 Å². The van der Waals surface area contributed by atoms with Crippen LogP contribution in [0.2, 0.25) is 0 Å². The molecule has 5 aromatic rings. The van der Waals surface area contributed by atoms with E-state index in [9.17, 15) is 0 Å². The highest BCUT2D eigenvalue weighted by molar-refractivity contribution is 5.94. The van der Waals surface area contributed by atoms with Gasteiger partial charge in [-0.1, -0.05) is 60.7 Å². The SMILES string of the molecule is Cc1[nH]c2ncn3nc(-c4ccccc4)nc3c2c1Cc1ccccc1. The van der Waals surface area contributed by atoms with Crippen molar-refractivity contribution in [3.8, 4) is 11.4 Å². The van der Waals surface area contributed by atoms with Crippen molar-refractivity contribution in [1.82, 2.24) is 24.6 Å². The minimum Gasteiger partial charge on any atom is -0.343 e. The van der Waals surface area contributed by atoms with E-state index in [2.05, 4.69) is 46.3 Å². The zero-order valence-corrected chi connectivity index (χ0v) is 14.3. The van der Waals surface area contributed by atoms with Crippen molar-refractivity contribution in [2.45, 2.75) is 13.3 Å². The summed E-state index contributed by atoms with van der Waals surface area (Å²) in [6.07, 6.45) is 2.56. The van der Waals surface area contributed by atoms with Gasteiger partial charge in [-0.3, -0.25) is 0 Å². The summed E-state index contributed by atoms with van der Waals surface area (Å²) in [7, 11) is 0. The quantitative estimate of drug-likeness (QED) is 0.537. The largest absolute Gasteiger partial charge is 0.343 e. The van der Waals surface area contributed by atoms with E-state index in [0.29, 0.717) is 5.82 Å². The molecular weight excluding hydrogens is 322 g/mol. The average molecular weight is 339 g/mol. The number of hydrogen-bond donors (Lipinski definition) is 1. The second-order valence-electron chi connectivity index (χ2n) is 6.43. The third kappa shape index (κ3) is 2.37. The van der Waals surface area contributed by atoms with Crippen molar-refractivity contribution in [2.24, 2.45) is 0 Å². The number of aryl methyl sites for hydroxylation is 1. The molecule has 0 aliphatic heterocycles. The van der Waals surface area contributed by atoms with Crippen molar-refractivity contribution < 1.29 is 0 Å². The van der Waals surface area contributed by atoms with Gasteiger partial charge in [-0.15, -0.1) is 5.10 Å². The average Bonchev–Trinajstić information content (AvgIpc) is 3.24. The van der Waals surface area contributed by atoms with Crippen LogP contribution in [-0.2, 0) is 6.42 Å². The number of benzene rings is 2. The first-order valence-electron chi connectivity index (χ1n) is 8.61. The van der Waals surface area contributed by atoms with Gasteiger partial charge in [-0.2, -0.15) is 0 Å². The Labute approximate surface area is 150 Å². The molecule has 5 nitrogen and oxygen atoms in total. The summed E-state index contributed by atoms with van der Waals surface area (Å²) in [5.41, 5.74) is 6.30. The first kappa shape index (κ1) is 14.8. The summed E-state index contributed by atoms with van der Waals surface area (Å²) in [5.74, 6) is 0.712. The zero-order chi connectivity index (χ0) is 17.5. The van der Waals surface area contributed by atoms with Gasteiger partial charge in [-0.25, -0.2) is 14.5 Å². The lowest BCUT2D eigenvalue weighted by Crippen LogP contribution is -1.93. The first-order chi connectivity index (χ1) is 12.8. The molecule has 0 amide bonds. The third-order valence-corrected chi connectivity index (χ3v) is 4.70. The molecule has 3 heterocycles. The smallest absolute Gasteiger partial charge is 0.182 e. The van der Waals surface area contributed by atoms with E-state index in [1.807, 2.05) is 36.4 Å². The molecular formula is C21H17N5. The summed E-state index contributed by atoms with van der Waals surface area (Å²) in [4.78, 5) is 12.8. The second kappa shape index (κ2) is 5.81. The molecule has 0 saturated heterocycles. The van der Waals surface area contributed by atoms with Gasteiger partial charge in [0.1, 0.15) is 12.0 Å². The van der Waals surface area contributed by atoms with E-state index in [4.69, 9.17) is 4.98 Å².